The van der Waals surface area contributed by atoms with E-state index in [4.69, 9.17) is 44.1 Å². The molecule has 0 spiro atoms. The van der Waals surface area contributed by atoms with Crippen molar-refractivity contribution in [2.24, 2.45) is 11.8 Å². The van der Waals surface area contributed by atoms with Gasteiger partial charge in [0.05, 0.1) is 38.6 Å². The zero-order valence-electron chi connectivity index (χ0n) is 28.8. The second-order valence-corrected chi connectivity index (χ2v) is 16.3. The Morgan fingerprint density at radius 2 is 2.07 bits per heavy atom. The van der Waals surface area contributed by atoms with Crippen LogP contribution in [-0.4, -0.2) is 109 Å². The van der Waals surface area contributed by atoms with Gasteiger partial charge in [0.15, 0.2) is 17.4 Å². The number of alkyl halides is 3. The number of anilines is 1. The summed E-state index contributed by atoms with van der Waals surface area (Å²) in [6.07, 6.45) is -8.25. The standard InChI is InChI=1S/C29H37F3N8O11P2S/c1-16(2)10-35-28-38-25-22(26(42)39-28)37-15-40(25)27-24(23(20(11-41)49-27)45-13-29(30,31)32)51-53(54,46-7-3-5-33)47-12-17-8-18(9-19(17)50-52(43)44)48-21-4-6-34-14-36-21/h4,6,14-20,23-24,27,41H,3,7-13H2,1-2H3,(H2-,35,38,39,42,43,44)/p+1/t17-,18-,19+,20-,23-,24-,27-,53-/m1/s1. The second-order valence-electron chi connectivity index (χ2n) is 12.6. The van der Waals surface area contributed by atoms with Gasteiger partial charge in [0.25, 0.3) is 5.56 Å². The fourth-order valence-electron chi connectivity index (χ4n) is 5.79. The summed E-state index contributed by atoms with van der Waals surface area (Å²) in [7, 11) is -3.05. The van der Waals surface area contributed by atoms with Crippen molar-refractivity contribution in [3.05, 3.63) is 35.3 Å². The molecule has 296 valence electrons. The molecular weight excluding hydrogens is 787 g/mol. The Morgan fingerprint density at radius 1 is 1.28 bits per heavy atom. The molecule has 3 aromatic heterocycles. The fraction of sp³-hybridized carbons (Fsp3) is 0.655. The van der Waals surface area contributed by atoms with E-state index in [1.165, 1.54) is 23.2 Å². The molecule has 5 rings (SSSR count). The molecule has 0 aromatic carbocycles. The lowest BCUT2D eigenvalue weighted by atomic mass is 10.1. The van der Waals surface area contributed by atoms with E-state index in [9.17, 15) is 37.8 Å². The molecule has 1 aliphatic carbocycles. The van der Waals surface area contributed by atoms with Crippen LogP contribution in [0.25, 0.3) is 11.2 Å². The number of H-pyrrole nitrogens is 1. The maximum absolute atomic E-state index is 13.5. The van der Waals surface area contributed by atoms with Crippen LogP contribution < -0.4 is 15.6 Å². The molecule has 4 heterocycles. The van der Waals surface area contributed by atoms with E-state index in [1.54, 1.807) is 0 Å². The molecule has 25 heteroatoms. The van der Waals surface area contributed by atoms with Crippen molar-refractivity contribution in [2.45, 2.75) is 76.0 Å². The molecule has 0 radical (unpaired) electrons. The van der Waals surface area contributed by atoms with Gasteiger partial charge in [-0.2, -0.15) is 23.4 Å². The minimum absolute atomic E-state index is 0.0461. The molecule has 1 saturated carbocycles. The van der Waals surface area contributed by atoms with Crippen molar-refractivity contribution in [1.29, 1.82) is 5.26 Å². The predicted octanol–water partition coefficient (Wildman–Crippen LogP) is 3.26. The number of aliphatic hydroxyl groups excluding tert-OH is 1. The maximum Gasteiger partial charge on any atom is 0.695 e. The third-order valence-corrected chi connectivity index (χ3v) is 10.9. The van der Waals surface area contributed by atoms with Crippen LogP contribution in [0.1, 0.15) is 39.3 Å². The quantitative estimate of drug-likeness (QED) is 0.100. The first-order valence-corrected chi connectivity index (χ1v) is 20.2. The summed E-state index contributed by atoms with van der Waals surface area (Å²) in [5, 5.41) is 22.4. The molecule has 1 saturated heterocycles. The zero-order chi connectivity index (χ0) is 39.0. The van der Waals surface area contributed by atoms with Crippen LogP contribution in [0.3, 0.4) is 0 Å². The maximum atomic E-state index is 13.5. The number of nitriles is 1. The highest BCUT2D eigenvalue weighted by molar-refractivity contribution is 8.07. The van der Waals surface area contributed by atoms with Gasteiger partial charge in [-0.25, -0.2) is 15.0 Å². The van der Waals surface area contributed by atoms with E-state index in [0.717, 1.165) is 6.33 Å². The lowest BCUT2D eigenvalue weighted by Crippen LogP contribution is -2.40. The molecule has 0 bridgehead atoms. The van der Waals surface area contributed by atoms with E-state index in [1.807, 2.05) is 19.9 Å². The SMILES string of the molecule is CC(C)CNc1nc2c(ncn2[C@@H]2O[C@H](CO)[C@@H](OCC(F)(F)F)[C@H]2O[P@@](=S)(OCCC#N)OC[C@H]2C[C@@H](Oc3ccncn3)C[C@@H]2O[P+](=O)O)c(=O)[nH]1. The van der Waals surface area contributed by atoms with Crippen LogP contribution in [0.2, 0.25) is 0 Å². The molecule has 19 nitrogen and oxygen atoms in total. The van der Waals surface area contributed by atoms with E-state index < -0.39 is 82.6 Å². The van der Waals surface area contributed by atoms with Crippen LogP contribution in [0.5, 0.6) is 5.88 Å². The summed E-state index contributed by atoms with van der Waals surface area (Å²) in [4.78, 5) is 41.5. The van der Waals surface area contributed by atoms with Gasteiger partial charge in [0.2, 0.25) is 11.8 Å². The van der Waals surface area contributed by atoms with E-state index in [0.29, 0.717) is 6.54 Å². The Balaban J connectivity index is 1.46. The molecule has 3 aromatic rings. The van der Waals surface area contributed by atoms with Crippen LogP contribution in [0, 0.1) is 23.2 Å². The number of aliphatic hydroxyl groups is 1. The average molecular weight is 826 g/mol. The minimum Gasteiger partial charge on any atom is -0.474 e. The van der Waals surface area contributed by atoms with Gasteiger partial charge in [-0.3, -0.25) is 18.9 Å². The van der Waals surface area contributed by atoms with E-state index in [2.05, 4.69) is 30.2 Å². The Morgan fingerprint density at radius 3 is 2.74 bits per heavy atom. The first-order valence-electron chi connectivity index (χ1n) is 16.5. The smallest absolute Gasteiger partial charge is 0.474 e. The van der Waals surface area contributed by atoms with Gasteiger partial charge in [0, 0.05) is 35.7 Å². The predicted molar refractivity (Wildman–Crippen MR) is 183 cm³/mol. The van der Waals surface area contributed by atoms with Gasteiger partial charge in [0.1, 0.15) is 43.5 Å². The van der Waals surface area contributed by atoms with Crippen molar-refractivity contribution in [3.63, 3.8) is 0 Å². The molecule has 9 atom stereocenters. The molecular formula is C29H38F3N8O11P2S+. The Bertz CT molecular complexity index is 1870. The first kappa shape index (κ1) is 41.9. The Hall–Kier alpha value is -3.26. The van der Waals surface area contributed by atoms with Crippen LogP contribution >= 0.6 is 15.0 Å². The Kier molecular flexibility index (Phi) is 14.4. The molecule has 2 fully saturated rings. The van der Waals surface area contributed by atoms with Gasteiger partial charge < -0.3 is 33.7 Å². The number of hydrogen-bond donors (Lipinski definition) is 4. The van der Waals surface area contributed by atoms with E-state index in [-0.39, 0.29) is 61.4 Å². The van der Waals surface area contributed by atoms with Crippen LogP contribution in [0.4, 0.5) is 19.1 Å². The number of aromatic amines is 1. The van der Waals surface area contributed by atoms with Crippen molar-refractivity contribution in [2.75, 3.05) is 38.3 Å². The average Bonchev–Trinajstić information content (AvgIpc) is 3.80. The minimum atomic E-state index is -4.80. The van der Waals surface area contributed by atoms with Gasteiger partial charge in [-0.05, 0) is 24.1 Å². The van der Waals surface area contributed by atoms with Gasteiger partial charge in [-0.15, -0.1) is 9.42 Å². The summed E-state index contributed by atoms with van der Waals surface area (Å²) < 4.78 is 94.0. The van der Waals surface area contributed by atoms with Crippen molar-refractivity contribution in [3.8, 4) is 11.9 Å². The summed E-state index contributed by atoms with van der Waals surface area (Å²) in [5.74, 6) is -0.144. The topological polar surface area (TPSA) is 247 Å². The number of nitrogens with zero attached hydrogens (tertiary/aromatic N) is 6. The molecule has 54 heavy (non-hydrogen) atoms. The monoisotopic (exact) mass is 825 g/mol. The summed E-state index contributed by atoms with van der Waals surface area (Å²) >= 11 is 5.75. The molecule has 4 N–H and O–H groups in total. The molecule has 0 amide bonds. The first-order chi connectivity index (χ1) is 25.7. The van der Waals surface area contributed by atoms with Gasteiger partial charge >= 0.3 is 21.1 Å². The molecule has 1 unspecified atom stereocenters. The molecule has 1 aliphatic heterocycles. The summed E-state index contributed by atoms with van der Waals surface area (Å²) in [5.41, 5.74) is -0.811. The number of halogens is 3. The van der Waals surface area contributed by atoms with Gasteiger partial charge in [-0.1, -0.05) is 13.8 Å². The highest BCUT2D eigenvalue weighted by Gasteiger charge is 2.52. The number of fused-ring (bicyclic) bond motifs is 1. The van der Waals surface area contributed by atoms with E-state index >= 15 is 0 Å². The number of rotatable bonds is 19. The van der Waals surface area contributed by atoms with Crippen LogP contribution in [-0.2, 0) is 43.9 Å². The zero-order valence-corrected chi connectivity index (χ0v) is 31.4. The van der Waals surface area contributed by atoms with Crippen LogP contribution in [0.15, 0.2) is 29.7 Å². The lowest BCUT2D eigenvalue weighted by molar-refractivity contribution is -0.196. The normalized spacial score (nSPS) is 25.8. The summed E-state index contributed by atoms with van der Waals surface area (Å²) in [6, 6.07) is 3.42. The number of nitrogens with one attached hydrogen (secondary N) is 2. The third kappa shape index (κ3) is 11.2. The number of aromatic nitrogens is 6. The lowest BCUT2D eigenvalue weighted by Gasteiger charge is -2.31. The van der Waals surface area contributed by atoms with Crippen molar-refractivity contribution < 1.29 is 60.0 Å². The highest BCUT2D eigenvalue weighted by atomic mass is 32.5. The number of imidazole rings is 1. The van der Waals surface area contributed by atoms with Crippen molar-refractivity contribution >= 4 is 43.9 Å². The fourth-order valence-corrected chi connectivity index (χ4v) is 8.39. The Labute approximate surface area is 311 Å². The largest absolute Gasteiger partial charge is 0.695 e. The number of hydrogen-bond acceptors (Lipinski definition) is 17. The van der Waals surface area contributed by atoms with Crippen molar-refractivity contribution in [1.82, 2.24) is 29.5 Å². The molecule has 2 aliphatic rings. The second kappa shape index (κ2) is 18.6. The number of ether oxygens (including phenoxy) is 3. The summed E-state index contributed by atoms with van der Waals surface area (Å²) in [6.45, 7) is -3.01. The third-order valence-electron chi connectivity index (χ3n) is 8.10. The highest BCUT2D eigenvalue weighted by Crippen LogP contribution is 2.55.